The van der Waals surface area contributed by atoms with Crippen molar-refractivity contribution < 1.29 is 19.0 Å². The number of piperazine rings is 1. The molecule has 1 aliphatic heterocycles. The third-order valence-corrected chi connectivity index (χ3v) is 4.74. The maximum absolute atomic E-state index is 13.1. The summed E-state index contributed by atoms with van der Waals surface area (Å²) in [4.78, 5) is 16.2. The smallest absolute Gasteiger partial charge is 0.260 e. The zero-order chi connectivity index (χ0) is 16.2. The summed E-state index contributed by atoms with van der Waals surface area (Å²) in [6.45, 7) is 2.79. The first kappa shape index (κ1) is 16.2. The molecule has 1 amide bonds. The summed E-state index contributed by atoms with van der Waals surface area (Å²) in [5.41, 5.74) is 0. The fourth-order valence-corrected chi connectivity index (χ4v) is 3.44. The van der Waals surface area contributed by atoms with Crippen molar-refractivity contribution in [2.45, 2.75) is 31.4 Å². The zero-order valence-electron chi connectivity index (χ0n) is 13.2. The van der Waals surface area contributed by atoms with E-state index in [0.29, 0.717) is 18.8 Å². The number of aliphatic hydroxyl groups excluding tert-OH is 1. The number of amides is 1. The van der Waals surface area contributed by atoms with Crippen LogP contribution in [0.3, 0.4) is 0 Å². The Morgan fingerprint density at radius 3 is 2.70 bits per heavy atom. The molecule has 0 spiro atoms. The van der Waals surface area contributed by atoms with Gasteiger partial charge in [0.25, 0.3) is 5.91 Å². The maximum atomic E-state index is 13.1. The van der Waals surface area contributed by atoms with Crippen molar-refractivity contribution in [3.8, 4) is 5.75 Å². The summed E-state index contributed by atoms with van der Waals surface area (Å²) in [5, 5.41) is 9.98. The highest BCUT2D eigenvalue weighted by molar-refractivity contribution is 5.77. The number of halogens is 1. The molecule has 0 radical (unpaired) electrons. The molecule has 2 fully saturated rings. The quantitative estimate of drug-likeness (QED) is 0.907. The second-order valence-electron chi connectivity index (χ2n) is 6.23. The number of rotatable bonds is 4. The maximum Gasteiger partial charge on any atom is 0.260 e. The molecule has 1 heterocycles. The van der Waals surface area contributed by atoms with Crippen LogP contribution in [-0.4, -0.2) is 65.7 Å². The average Bonchev–Trinajstić information content (AvgIpc) is 2.99. The lowest BCUT2D eigenvalue weighted by molar-refractivity contribution is -0.135. The van der Waals surface area contributed by atoms with Crippen molar-refractivity contribution in [3.05, 3.63) is 30.1 Å². The van der Waals surface area contributed by atoms with Gasteiger partial charge in [0.1, 0.15) is 11.6 Å². The van der Waals surface area contributed by atoms with Crippen molar-refractivity contribution in [3.63, 3.8) is 0 Å². The molecule has 2 aliphatic rings. The molecule has 1 saturated carbocycles. The highest BCUT2D eigenvalue weighted by atomic mass is 19.1. The Hall–Kier alpha value is -1.66. The van der Waals surface area contributed by atoms with E-state index in [-0.39, 0.29) is 30.5 Å². The normalized spacial score (nSPS) is 25.6. The Kier molecular flexibility index (Phi) is 5.13. The fraction of sp³-hybridized carbons (Fsp3) is 0.588. The number of carbonyl (C=O) groups excluding carboxylic acids is 1. The van der Waals surface area contributed by atoms with Crippen LogP contribution in [0, 0.1) is 5.82 Å². The van der Waals surface area contributed by atoms with Gasteiger partial charge in [0.05, 0.1) is 6.10 Å². The van der Waals surface area contributed by atoms with Gasteiger partial charge in [-0.3, -0.25) is 9.69 Å². The van der Waals surface area contributed by atoms with E-state index in [9.17, 15) is 14.3 Å². The van der Waals surface area contributed by atoms with E-state index < -0.39 is 0 Å². The van der Waals surface area contributed by atoms with Crippen LogP contribution >= 0.6 is 0 Å². The van der Waals surface area contributed by atoms with E-state index in [1.54, 1.807) is 17.0 Å². The lowest BCUT2D eigenvalue weighted by Crippen LogP contribution is -2.54. The van der Waals surface area contributed by atoms with Crippen molar-refractivity contribution in [1.82, 2.24) is 9.80 Å². The number of benzene rings is 1. The van der Waals surface area contributed by atoms with E-state index in [4.69, 9.17) is 4.74 Å². The van der Waals surface area contributed by atoms with Gasteiger partial charge in [-0.1, -0.05) is 6.07 Å². The minimum Gasteiger partial charge on any atom is -0.484 e. The molecule has 1 aromatic carbocycles. The van der Waals surface area contributed by atoms with Gasteiger partial charge in [-0.05, 0) is 31.4 Å². The van der Waals surface area contributed by atoms with E-state index in [1.807, 2.05) is 0 Å². The molecule has 3 rings (SSSR count). The topological polar surface area (TPSA) is 53.0 Å². The van der Waals surface area contributed by atoms with Crippen molar-refractivity contribution in [2.75, 3.05) is 32.8 Å². The molecule has 5 nitrogen and oxygen atoms in total. The number of ether oxygens (including phenoxy) is 1. The molecular weight excluding hydrogens is 299 g/mol. The lowest BCUT2D eigenvalue weighted by atomic mass is 10.1. The molecular formula is C17H23FN2O3. The number of hydrogen-bond donors (Lipinski definition) is 1. The largest absolute Gasteiger partial charge is 0.484 e. The van der Waals surface area contributed by atoms with Crippen LogP contribution in [-0.2, 0) is 4.79 Å². The van der Waals surface area contributed by atoms with Gasteiger partial charge in [0.15, 0.2) is 6.61 Å². The second-order valence-corrected chi connectivity index (χ2v) is 6.23. The third-order valence-electron chi connectivity index (χ3n) is 4.74. The molecule has 1 N–H and O–H groups in total. The predicted molar refractivity (Wildman–Crippen MR) is 83.7 cm³/mol. The van der Waals surface area contributed by atoms with Crippen LogP contribution in [0.1, 0.15) is 19.3 Å². The Bertz CT molecular complexity index is 546. The summed E-state index contributed by atoms with van der Waals surface area (Å²) in [5.74, 6) is -0.0920. The Morgan fingerprint density at radius 1 is 1.26 bits per heavy atom. The zero-order valence-corrected chi connectivity index (χ0v) is 13.2. The molecule has 0 bridgehead atoms. The van der Waals surface area contributed by atoms with Gasteiger partial charge in [0.2, 0.25) is 0 Å². The first-order chi connectivity index (χ1) is 11.1. The molecule has 126 valence electrons. The van der Waals surface area contributed by atoms with Crippen molar-refractivity contribution in [2.24, 2.45) is 0 Å². The number of nitrogens with zero attached hydrogens (tertiary/aromatic N) is 2. The minimum absolute atomic E-state index is 0.0739. The van der Waals surface area contributed by atoms with Crippen LogP contribution < -0.4 is 4.74 Å². The van der Waals surface area contributed by atoms with E-state index in [1.165, 1.54) is 12.1 Å². The van der Waals surface area contributed by atoms with Crippen molar-refractivity contribution >= 4 is 5.91 Å². The SMILES string of the molecule is O=C(COc1cccc(F)c1)N1CCN([C@@H]2CCC[C@@H]2O)CC1. The minimum atomic E-state index is -0.376. The highest BCUT2D eigenvalue weighted by Gasteiger charge is 2.33. The van der Waals surface area contributed by atoms with E-state index in [2.05, 4.69) is 4.90 Å². The molecule has 6 heteroatoms. The highest BCUT2D eigenvalue weighted by Crippen LogP contribution is 2.25. The number of carbonyl (C=O) groups is 1. The van der Waals surface area contributed by atoms with Crippen LogP contribution in [0.5, 0.6) is 5.75 Å². The summed E-state index contributed by atoms with van der Waals surface area (Å²) in [7, 11) is 0. The van der Waals surface area contributed by atoms with Gasteiger partial charge in [-0.2, -0.15) is 0 Å². The predicted octanol–water partition coefficient (Wildman–Crippen LogP) is 1.26. The second kappa shape index (κ2) is 7.27. The Balaban J connectivity index is 1.45. The summed E-state index contributed by atoms with van der Waals surface area (Å²) >= 11 is 0. The van der Waals surface area contributed by atoms with Crippen LogP contribution in [0.4, 0.5) is 4.39 Å². The Morgan fingerprint density at radius 2 is 2.04 bits per heavy atom. The van der Waals surface area contributed by atoms with Gasteiger partial charge >= 0.3 is 0 Å². The fourth-order valence-electron chi connectivity index (χ4n) is 3.44. The first-order valence-electron chi connectivity index (χ1n) is 8.22. The molecule has 2 atom stereocenters. The summed E-state index contributed by atoms with van der Waals surface area (Å²) < 4.78 is 18.4. The molecule has 1 aromatic rings. The molecule has 23 heavy (non-hydrogen) atoms. The van der Waals surface area contributed by atoms with Crippen LogP contribution in [0.15, 0.2) is 24.3 Å². The van der Waals surface area contributed by atoms with Gasteiger partial charge in [-0.15, -0.1) is 0 Å². The monoisotopic (exact) mass is 322 g/mol. The van der Waals surface area contributed by atoms with Crippen LogP contribution in [0.25, 0.3) is 0 Å². The summed E-state index contributed by atoms with van der Waals surface area (Å²) in [6, 6.07) is 6.05. The number of aliphatic hydroxyl groups is 1. The van der Waals surface area contributed by atoms with E-state index >= 15 is 0 Å². The molecule has 1 aliphatic carbocycles. The lowest BCUT2D eigenvalue weighted by Gasteiger charge is -2.39. The molecule has 1 saturated heterocycles. The third kappa shape index (κ3) is 4.00. The Labute approximate surface area is 135 Å². The number of hydrogen-bond acceptors (Lipinski definition) is 4. The molecule has 0 aromatic heterocycles. The van der Waals surface area contributed by atoms with Gasteiger partial charge < -0.3 is 14.7 Å². The summed E-state index contributed by atoms with van der Waals surface area (Å²) in [6.07, 6.45) is 2.77. The van der Waals surface area contributed by atoms with Gasteiger partial charge in [-0.25, -0.2) is 4.39 Å². The first-order valence-corrected chi connectivity index (χ1v) is 8.22. The molecule has 0 unspecified atom stereocenters. The standard InChI is InChI=1S/C17H23FN2O3/c18-13-3-1-4-14(11-13)23-12-17(22)20-9-7-19(8-10-20)15-5-2-6-16(15)21/h1,3-4,11,15-16,21H,2,5-10,12H2/t15-,16+/m1/s1. The van der Waals surface area contributed by atoms with Gasteiger partial charge in [0, 0.05) is 38.3 Å². The van der Waals surface area contributed by atoms with Crippen molar-refractivity contribution in [1.29, 1.82) is 0 Å². The van der Waals surface area contributed by atoms with E-state index in [0.717, 1.165) is 32.4 Å². The average molecular weight is 322 g/mol. The van der Waals surface area contributed by atoms with Crippen LogP contribution in [0.2, 0.25) is 0 Å².